The van der Waals surface area contributed by atoms with Crippen LogP contribution in [-0.4, -0.2) is 18.5 Å². The number of rotatable bonds is 5. The minimum absolute atomic E-state index is 0.00602. The highest BCUT2D eigenvalue weighted by molar-refractivity contribution is 5.96. The van der Waals surface area contributed by atoms with Crippen molar-refractivity contribution in [1.82, 2.24) is 5.32 Å². The van der Waals surface area contributed by atoms with Crippen LogP contribution in [0.3, 0.4) is 0 Å². The van der Waals surface area contributed by atoms with E-state index in [-0.39, 0.29) is 11.9 Å². The Bertz CT molecular complexity index is 388. The van der Waals surface area contributed by atoms with Crippen LogP contribution in [0, 0.1) is 13.8 Å². The van der Waals surface area contributed by atoms with Gasteiger partial charge in [0.1, 0.15) is 0 Å². The number of benzene rings is 1. The van der Waals surface area contributed by atoms with Gasteiger partial charge in [-0.1, -0.05) is 24.6 Å². The molecule has 94 valence electrons. The molecular formula is C14H22N2O. The van der Waals surface area contributed by atoms with E-state index in [0.717, 1.165) is 29.5 Å². The molecule has 1 atom stereocenters. The average molecular weight is 234 g/mol. The number of aryl methyl sites for hydroxylation is 2. The highest BCUT2D eigenvalue weighted by atomic mass is 16.1. The minimum atomic E-state index is 0.00602. The Morgan fingerprint density at radius 3 is 2.71 bits per heavy atom. The smallest absolute Gasteiger partial charge is 0.251 e. The van der Waals surface area contributed by atoms with Crippen molar-refractivity contribution in [2.75, 3.05) is 6.54 Å². The summed E-state index contributed by atoms with van der Waals surface area (Å²) in [7, 11) is 0. The summed E-state index contributed by atoms with van der Waals surface area (Å²) in [4.78, 5) is 12.1. The molecule has 1 amide bonds. The zero-order chi connectivity index (χ0) is 12.8. The first kappa shape index (κ1) is 13.7. The fourth-order valence-corrected chi connectivity index (χ4v) is 1.82. The summed E-state index contributed by atoms with van der Waals surface area (Å²) in [6, 6.07) is 6.10. The average Bonchev–Trinajstić information content (AvgIpc) is 2.31. The van der Waals surface area contributed by atoms with E-state index in [2.05, 4.69) is 12.2 Å². The van der Waals surface area contributed by atoms with Gasteiger partial charge in [-0.3, -0.25) is 4.79 Å². The zero-order valence-electron chi connectivity index (χ0n) is 10.9. The van der Waals surface area contributed by atoms with Crippen molar-refractivity contribution >= 4 is 5.91 Å². The van der Waals surface area contributed by atoms with Crippen LogP contribution in [0.4, 0.5) is 0 Å². The second-order valence-corrected chi connectivity index (χ2v) is 4.47. The molecule has 1 aromatic carbocycles. The lowest BCUT2D eigenvalue weighted by Gasteiger charge is -2.17. The molecule has 0 saturated heterocycles. The first-order valence-corrected chi connectivity index (χ1v) is 6.16. The highest BCUT2D eigenvalue weighted by Crippen LogP contribution is 2.11. The molecule has 0 bridgehead atoms. The Balaban J connectivity index is 2.78. The Morgan fingerprint density at radius 2 is 2.12 bits per heavy atom. The van der Waals surface area contributed by atoms with Crippen LogP contribution >= 0.6 is 0 Å². The third-order valence-electron chi connectivity index (χ3n) is 2.98. The largest absolute Gasteiger partial charge is 0.349 e. The normalized spacial score (nSPS) is 12.2. The number of carbonyl (C=O) groups excluding carboxylic acids is 1. The van der Waals surface area contributed by atoms with Gasteiger partial charge in [-0.2, -0.15) is 0 Å². The summed E-state index contributed by atoms with van der Waals surface area (Å²) in [5.41, 5.74) is 8.40. The molecule has 0 aliphatic heterocycles. The number of hydrogen-bond acceptors (Lipinski definition) is 2. The van der Waals surface area contributed by atoms with E-state index in [1.165, 1.54) is 0 Å². The van der Waals surface area contributed by atoms with E-state index in [1.807, 2.05) is 32.0 Å². The molecule has 0 aliphatic rings. The maximum atomic E-state index is 12.1. The van der Waals surface area contributed by atoms with Crippen LogP contribution in [0.5, 0.6) is 0 Å². The van der Waals surface area contributed by atoms with Crippen molar-refractivity contribution in [2.24, 2.45) is 5.73 Å². The zero-order valence-corrected chi connectivity index (χ0v) is 10.9. The Labute approximate surface area is 103 Å². The van der Waals surface area contributed by atoms with E-state index in [1.54, 1.807) is 0 Å². The Hall–Kier alpha value is -1.35. The van der Waals surface area contributed by atoms with Crippen molar-refractivity contribution < 1.29 is 4.79 Å². The third kappa shape index (κ3) is 3.86. The summed E-state index contributed by atoms with van der Waals surface area (Å²) in [6.45, 7) is 6.61. The van der Waals surface area contributed by atoms with Crippen LogP contribution in [0.2, 0.25) is 0 Å². The topological polar surface area (TPSA) is 55.1 Å². The molecule has 0 radical (unpaired) electrons. The quantitative estimate of drug-likeness (QED) is 0.820. The number of nitrogens with one attached hydrogen (secondary N) is 1. The molecule has 1 aromatic rings. The molecule has 0 aliphatic carbocycles. The van der Waals surface area contributed by atoms with Gasteiger partial charge in [-0.05, 0) is 44.9 Å². The van der Waals surface area contributed by atoms with Gasteiger partial charge >= 0.3 is 0 Å². The first-order chi connectivity index (χ1) is 8.08. The molecule has 17 heavy (non-hydrogen) atoms. The Kier molecular flexibility index (Phi) is 5.16. The lowest BCUT2D eigenvalue weighted by molar-refractivity contribution is 0.0933. The van der Waals surface area contributed by atoms with Crippen LogP contribution in [0.1, 0.15) is 41.3 Å². The predicted octanol–water partition coefficient (Wildman–Crippen LogP) is 2.16. The second-order valence-electron chi connectivity index (χ2n) is 4.47. The van der Waals surface area contributed by atoms with Crippen LogP contribution in [0.25, 0.3) is 0 Å². The molecule has 0 saturated carbocycles. The summed E-state index contributed by atoms with van der Waals surface area (Å²) in [6.07, 6.45) is 1.74. The van der Waals surface area contributed by atoms with E-state index in [9.17, 15) is 4.79 Å². The van der Waals surface area contributed by atoms with Gasteiger partial charge in [0.25, 0.3) is 5.91 Å². The molecule has 1 rings (SSSR count). The molecule has 3 heteroatoms. The number of nitrogens with two attached hydrogens (primary N) is 1. The van der Waals surface area contributed by atoms with E-state index in [0.29, 0.717) is 6.54 Å². The van der Waals surface area contributed by atoms with E-state index < -0.39 is 0 Å². The molecule has 0 spiro atoms. The number of carbonyl (C=O) groups is 1. The number of amides is 1. The van der Waals surface area contributed by atoms with Crippen LogP contribution < -0.4 is 11.1 Å². The van der Waals surface area contributed by atoms with Crippen molar-refractivity contribution in [3.05, 3.63) is 34.9 Å². The summed E-state index contributed by atoms with van der Waals surface area (Å²) < 4.78 is 0. The molecule has 0 aromatic heterocycles. The summed E-state index contributed by atoms with van der Waals surface area (Å²) in [5, 5.41) is 3.03. The van der Waals surface area contributed by atoms with Gasteiger partial charge < -0.3 is 11.1 Å². The predicted molar refractivity (Wildman–Crippen MR) is 71.1 cm³/mol. The summed E-state index contributed by atoms with van der Waals surface area (Å²) >= 11 is 0. The highest BCUT2D eigenvalue weighted by Gasteiger charge is 2.13. The standard InChI is InChI=1S/C14H22N2O/c1-4-12(7-8-15)16-14(17)13-9-10(2)5-6-11(13)3/h5-6,9,12H,4,7-8,15H2,1-3H3,(H,16,17). The van der Waals surface area contributed by atoms with Crippen LogP contribution in [0.15, 0.2) is 18.2 Å². The van der Waals surface area contributed by atoms with Gasteiger partial charge in [0.05, 0.1) is 0 Å². The summed E-state index contributed by atoms with van der Waals surface area (Å²) in [5.74, 6) is 0.00602. The van der Waals surface area contributed by atoms with Crippen molar-refractivity contribution in [3.8, 4) is 0 Å². The molecular weight excluding hydrogens is 212 g/mol. The van der Waals surface area contributed by atoms with Crippen molar-refractivity contribution in [2.45, 2.75) is 39.7 Å². The maximum Gasteiger partial charge on any atom is 0.251 e. The van der Waals surface area contributed by atoms with Crippen molar-refractivity contribution in [3.63, 3.8) is 0 Å². The monoisotopic (exact) mass is 234 g/mol. The fourth-order valence-electron chi connectivity index (χ4n) is 1.82. The third-order valence-corrected chi connectivity index (χ3v) is 2.98. The first-order valence-electron chi connectivity index (χ1n) is 6.16. The maximum absolute atomic E-state index is 12.1. The van der Waals surface area contributed by atoms with Gasteiger partial charge in [0.2, 0.25) is 0 Å². The van der Waals surface area contributed by atoms with Gasteiger partial charge in [0, 0.05) is 11.6 Å². The van der Waals surface area contributed by atoms with Gasteiger partial charge in [0.15, 0.2) is 0 Å². The molecule has 3 N–H and O–H groups in total. The molecule has 3 nitrogen and oxygen atoms in total. The molecule has 0 heterocycles. The van der Waals surface area contributed by atoms with Crippen LogP contribution in [-0.2, 0) is 0 Å². The van der Waals surface area contributed by atoms with E-state index in [4.69, 9.17) is 5.73 Å². The fraction of sp³-hybridized carbons (Fsp3) is 0.500. The van der Waals surface area contributed by atoms with E-state index >= 15 is 0 Å². The number of hydrogen-bond donors (Lipinski definition) is 2. The lowest BCUT2D eigenvalue weighted by atomic mass is 10.0. The van der Waals surface area contributed by atoms with Gasteiger partial charge in [-0.25, -0.2) is 0 Å². The van der Waals surface area contributed by atoms with Gasteiger partial charge in [-0.15, -0.1) is 0 Å². The molecule has 1 unspecified atom stereocenters. The minimum Gasteiger partial charge on any atom is -0.349 e. The second kappa shape index (κ2) is 6.40. The Morgan fingerprint density at radius 1 is 1.41 bits per heavy atom. The molecule has 0 fully saturated rings. The lowest BCUT2D eigenvalue weighted by Crippen LogP contribution is -2.36. The SMILES string of the molecule is CCC(CCN)NC(=O)c1cc(C)ccc1C. The van der Waals surface area contributed by atoms with Crippen molar-refractivity contribution in [1.29, 1.82) is 0 Å².